The fraction of sp³-hybridized carbons (Fsp3) is 0.188. The first-order valence-electron chi connectivity index (χ1n) is 6.63. The van der Waals surface area contributed by atoms with Crippen LogP contribution in [0.1, 0.15) is 12.5 Å². The van der Waals surface area contributed by atoms with Crippen molar-refractivity contribution in [2.75, 3.05) is 5.73 Å². The standard InChI is InChI=1S/C16H16ClN3/c1-3-20-15-12(17)7-5-9-14(15)19-16(20)11-6-4-8-13(18)10(11)2/h4-9H,3,18H2,1-2H3. The summed E-state index contributed by atoms with van der Waals surface area (Å²) in [6.45, 7) is 4.92. The molecule has 1 aromatic heterocycles. The molecule has 0 fully saturated rings. The van der Waals surface area contributed by atoms with Crippen molar-refractivity contribution in [3.63, 3.8) is 0 Å². The van der Waals surface area contributed by atoms with E-state index in [1.807, 2.05) is 43.3 Å². The topological polar surface area (TPSA) is 43.8 Å². The van der Waals surface area contributed by atoms with Crippen LogP contribution in [0.3, 0.4) is 0 Å². The van der Waals surface area contributed by atoms with Gasteiger partial charge in [-0.3, -0.25) is 0 Å². The minimum Gasteiger partial charge on any atom is -0.398 e. The zero-order valence-electron chi connectivity index (χ0n) is 11.5. The number of aryl methyl sites for hydroxylation is 1. The molecule has 3 rings (SSSR count). The van der Waals surface area contributed by atoms with Crippen LogP contribution in [0, 0.1) is 6.92 Å². The Morgan fingerprint density at radius 1 is 1.20 bits per heavy atom. The molecule has 3 nitrogen and oxygen atoms in total. The van der Waals surface area contributed by atoms with Crippen molar-refractivity contribution in [2.45, 2.75) is 20.4 Å². The van der Waals surface area contributed by atoms with Gasteiger partial charge in [-0.05, 0) is 37.6 Å². The number of anilines is 1. The van der Waals surface area contributed by atoms with Crippen LogP contribution in [0.25, 0.3) is 22.4 Å². The lowest BCUT2D eigenvalue weighted by Gasteiger charge is -2.10. The second-order valence-corrected chi connectivity index (χ2v) is 5.21. The first kappa shape index (κ1) is 13.0. The normalized spacial score (nSPS) is 11.2. The summed E-state index contributed by atoms with van der Waals surface area (Å²) in [5.41, 5.74) is 10.8. The Morgan fingerprint density at radius 2 is 1.95 bits per heavy atom. The average molecular weight is 286 g/mol. The Kier molecular flexibility index (Phi) is 3.14. The van der Waals surface area contributed by atoms with Crippen molar-refractivity contribution < 1.29 is 0 Å². The molecular weight excluding hydrogens is 270 g/mol. The molecule has 0 atom stereocenters. The Hall–Kier alpha value is -2.00. The summed E-state index contributed by atoms with van der Waals surface area (Å²) in [4.78, 5) is 4.74. The van der Waals surface area contributed by atoms with Gasteiger partial charge >= 0.3 is 0 Å². The third-order valence-electron chi connectivity index (χ3n) is 3.65. The number of fused-ring (bicyclic) bond motifs is 1. The lowest BCUT2D eigenvalue weighted by Crippen LogP contribution is -2.00. The molecule has 0 saturated heterocycles. The maximum Gasteiger partial charge on any atom is 0.141 e. The number of rotatable bonds is 2. The lowest BCUT2D eigenvalue weighted by atomic mass is 10.1. The summed E-state index contributed by atoms with van der Waals surface area (Å²) in [5, 5.41) is 0.727. The Labute approximate surface area is 123 Å². The first-order chi connectivity index (χ1) is 9.63. The Balaban J connectivity index is 2.37. The summed E-state index contributed by atoms with van der Waals surface area (Å²) in [5.74, 6) is 0.917. The molecule has 2 aromatic carbocycles. The largest absolute Gasteiger partial charge is 0.398 e. The predicted octanol–water partition coefficient (Wildman–Crippen LogP) is 4.27. The summed E-state index contributed by atoms with van der Waals surface area (Å²) in [7, 11) is 0. The first-order valence-corrected chi connectivity index (χ1v) is 7.01. The Bertz CT molecular complexity index is 790. The van der Waals surface area contributed by atoms with E-state index in [-0.39, 0.29) is 0 Å². The van der Waals surface area contributed by atoms with Crippen LogP contribution >= 0.6 is 11.6 Å². The zero-order valence-corrected chi connectivity index (χ0v) is 12.3. The van der Waals surface area contributed by atoms with E-state index < -0.39 is 0 Å². The molecule has 0 spiro atoms. The van der Waals surface area contributed by atoms with E-state index in [2.05, 4.69) is 11.5 Å². The number of imidazole rings is 1. The number of aromatic nitrogens is 2. The fourth-order valence-electron chi connectivity index (χ4n) is 2.55. The predicted molar refractivity (Wildman–Crippen MR) is 85.0 cm³/mol. The number of halogens is 1. The van der Waals surface area contributed by atoms with Gasteiger partial charge in [0.15, 0.2) is 0 Å². The number of hydrogen-bond acceptors (Lipinski definition) is 2. The number of hydrogen-bond donors (Lipinski definition) is 1. The van der Waals surface area contributed by atoms with Gasteiger partial charge in [0.05, 0.1) is 16.1 Å². The molecule has 102 valence electrons. The van der Waals surface area contributed by atoms with Gasteiger partial charge in [0.2, 0.25) is 0 Å². The lowest BCUT2D eigenvalue weighted by molar-refractivity contribution is 0.796. The molecule has 0 aliphatic rings. The highest BCUT2D eigenvalue weighted by molar-refractivity contribution is 6.35. The smallest absolute Gasteiger partial charge is 0.141 e. The highest BCUT2D eigenvalue weighted by Crippen LogP contribution is 2.32. The van der Waals surface area contributed by atoms with Crippen LogP contribution in [-0.4, -0.2) is 9.55 Å². The van der Waals surface area contributed by atoms with Crippen molar-refractivity contribution in [2.24, 2.45) is 0 Å². The molecule has 20 heavy (non-hydrogen) atoms. The van der Waals surface area contributed by atoms with Crippen LogP contribution in [0.15, 0.2) is 36.4 Å². The van der Waals surface area contributed by atoms with Gasteiger partial charge in [-0.25, -0.2) is 4.98 Å². The highest BCUT2D eigenvalue weighted by Gasteiger charge is 2.15. The molecule has 2 N–H and O–H groups in total. The summed E-state index contributed by atoms with van der Waals surface area (Å²) >= 11 is 6.33. The van der Waals surface area contributed by atoms with Gasteiger partial charge in [-0.15, -0.1) is 0 Å². The summed E-state index contributed by atoms with van der Waals surface area (Å²) in [6, 6.07) is 11.7. The number of para-hydroxylation sites is 1. The molecule has 0 saturated carbocycles. The van der Waals surface area contributed by atoms with Gasteiger partial charge in [0.25, 0.3) is 0 Å². The molecule has 1 heterocycles. The van der Waals surface area contributed by atoms with Crippen molar-refractivity contribution in [3.8, 4) is 11.4 Å². The van der Waals surface area contributed by atoms with Gasteiger partial charge in [-0.1, -0.05) is 29.8 Å². The molecule has 0 bridgehead atoms. The number of nitrogen functional groups attached to an aromatic ring is 1. The minimum absolute atomic E-state index is 0.727. The van der Waals surface area contributed by atoms with Crippen molar-refractivity contribution in [1.82, 2.24) is 9.55 Å². The molecule has 0 aliphatic heterocycles. The van der Waals surface area contributed by atoms with Crippen LogP contribution in [0.2, 0.25) is 5.02 Å². The van der Waals surface area contributed by atoms with Gasteiger partial charge in [0, 0.05) is 17.8 Å². The molecule has 4 heteroatoms. The van der Waals surface area contributed by atoms with Crippen LogP contribution < -0.4 is 5.73 Å². The van der Waals surface area contributed by atoms with Gasteiger partial charge in [0.1, 0.15) is 5.82 Å². The van der Waals surface area contributed by atoms with Crippen LogP contribution in [0.5, 0.6) is 0 Å². The molecule has 3 aromatic rings. The molecule has 0 radical (unpaired) electrons. The number of nitrogens with two attached hydrogens (primary N) is 1. The average Bonchev–Trinajstić information content (AvgIpc) is 2.81. The van der Waals surface area contributed by atoms with E-state index >= 15 is 0 Å². The molecule has 0 unspecified atom stereocenters. The van der Waals surface area contributed by atoms with Crippen molar-refractivity contribution in [3.05, 3.63) is 47.0 Å². The minimum atomic E-state index is 0.727. The van der Waals surface area contributed by atoms with E-state index in [1.165, 1.54) is 0 Å². The zero-order chi connectivity index (χ0) is 14.3. The van der Waals surface area contributed by atoms with Gasteiger partial charge in [-0.2, -0.15) is 0 Å². The third kappa shape index (κ3) is 1.86. The summed E-state index contributed by atoms with van der Waals surface area (Å²) in [6.07, 6.45) is 0. The second kappa shape index (κ2) is 4.84. The van der Waals surface area contributed by atoms with Crippen LogP contribution in [0.4, 0.5) is 5.69 Å². The van der Waals surface area contributed by atoms with E-state index in [0.717, 1.165) is 45.2 Å². The highest BCUT2D eigenvalue weighted by atomic mass is 35.5. The maximum absolute atomic E-state index is 6.33. The van der Waals surface area contributed by atoms with Crippen molar-refractivity contribution >= 4 is 28.3 Å². The Morgan fingerprint density at radius 3 is 2.70 bits per heavy atom. The number of benzene rings is 2. The number of nitrogens with zero attached hydrogens (tertiary/aromatic N) is 2. The maximum atomic E-state index is 6.33. The van der Waals surface area contributed by atoms with E-state index in [0.29, 0.717) is 0 Å². The SMILES string of the molecule is CCn1c(-c2cccc(N)c2C)nc2cccc(Cl)c21. The monoisotopic (exact) mass is 285 g/mol. The molecule has 0 aliphatic carbocycles. The van der Waals surface area contributed by atoms with E-state index in [1.54, 1.807) is 0 Å². The fourth-order valence-corrected chi connectivity index (χ4v) is 2.82. The third-order valence-corrected chi connectivity index (χ3v) is 3.96. The van der Waals surface area contributed by atoms with Crippen molar-refractivity contribution in [1.29, 1.82) is 0 Å². The van der Waals surface area contributed by atoms with E-state index in [4.69, 9.17) is 22.3 Å². The van der Waals surface area contributed by atoms with Gasteiger partial charge < -0.3 is 10.3 Å². The second-order valence-electron chi connectivity index (χ2n) is 4.81. The quantitative estimate of drug-likeness (QED) is 0.715. The van der Waals surface area contributed by atoms with E-state index in [9.17, 15) is 0 Å². The molecule has 0 amide bonds. The molecular formula is C16H16ClN3. The van der Waals surface area contributed by atoms with Crippen LogP contribution in [-0.2, 0) is 6.54 Å². The summed E-state index contributed by atoms with van der Waals surface area (Å²) < 4.78 is 2.14.